The fraction of sp³-hybridized carbons (Fsp3) is 0.474. The lowest BCUT2D eigenvalue weighted by molar-refractivity contribution is -0.147. The fourth-order valence-corrected chi connectivity index (χ4v) is 3.11. The molecule has 2 heterocycles. The van der Waals surface area contributed by atoms with Crippen LogP contribution >= 0.6 is 0 Å². The van der Waals surface area contributed by atoms with Gasteiger partial charge in [-0.15, -0.1) is 0 Å². The summed E-state index contributed by atoms with van der Waals surface area (Å²) in [6.07, 6.45) is 1.89. The van der Waals surface area contributed by atoms with E-state index in [1.807, 2.05) is 24.3 Å². The van der Waals surface area contributed by atoms with E-state index in [1.54, 1.807) is 18.9 Å². The number of nitrogens with zero attached hydrogens (tertiary/aromatic N) is 3. The van der Waals surface area contributed by atoms with E-state index < -0.39 is 11.4 Å². The van der Waals surface area contributed by atoms with Crippen LogP contribution in [-0.2, 0) is 16.0 Å². The lowest BCUT2D eigenvalue weighted by atomic mass is 9.90. The zero-order valence-corrected chi connectivity index (χ0v) is 15.5. The highest BCUT2D eigenvalue weighted by Gasteiger charge is 2.41. The number of aromatic nitrogens is 2. The minimum atomic E-state index is -0.852. The van der Waals surface area contributed by atoms with E-state index in [-0.39, 0.29) is 12.5 Å². The summed E-state index contributed by atoms with van der Waals surface area (Å²) in [5.74, 6) is 0.840. The smallest absolute Gasteiger partial charge is 0.311 e. The summed E-state index contributed by atoms with van der Waals surface area (Å²) in [5.41, 5.74) is -0.0121. The third kappa shape index (κ3) is 4.27. The average molecular weight is 373 g/mol. The van der Waals surface area contributed by atoms with E-state index in [4.69, 9.17) is 9.26 Å². The number of amides is 1. The molecule has 8 nitrogen and oxygen atoms in total. The van der Waals surface area contributed by atoms with Crippen LogP contribution in [0.3, 0.4) is 0 Å². The van der Waals surface area contributed by atoms with E-state index in [0.717, 1.165) is 11.3 Å². The Labute approximate surface area is 157 Å². The van der Waals surface area contributed by atoms with Gasteiger partial charge in [-0.3, -0.25) is 9.59 Å². The molecule has 1 saturated heterocycles. The predicted octanol–water partition coefficient (Wildman–Crippen LogP) is 2.39. The summed E-state index contributed by atoms with van der Waals surface area (Å²) in [5, 5.41) is 13.2. The Morgan fingerprint density at radius 1 is 1.33 bits per heavy atom. The topological polar surface area (TPSA) is 106 Å². The zero-order valence-electron chi connectivity index (χ0n) is 15.5. The number of carboxylic acid groups (broad SMARTS) is 1. The number of carboxylic acids is 1. The summed E-state index contributed by atoms with van der Waals surface area (Å²) in [6, 6.07) is 7.35. The number of benzene rings is 1. The fourth-order valence-electron chi connectivity index (χ4n) is 3.11. The van der Waals surface area contributed by atoms with Crippen LogP contribution in [0.4, 0.5) is 0 Å². The molecular weight excluding hydrogens is 350 g/mol. The van der Waals surface area contributed by atoms with Gasteiger partial charge in [0.05, 0.1) is 12.5 Å². The van der Waals surface area contributed by atoms with Crippen molar-refractivity contribution in [2.75, 3.05) is 20.2 Å². The van der Waals surface area contributed by atoms with E-state index in [2.05, 4.69) is 10.1 Å². The molecule has 144 valence electrons. The SMILES string of the molecule is COc1ccc(-c2noc(CCCC(=O)N3CC[C@](C)(C(=O)O)C3)n2)cc1. The molecule has 0 radical (unpaired) electrons. The van der Waals surface area contributed by atoms with Crippen molar-refractivity contribution in [3.8, 4) is 17.1 Å². The van der Waals surface area contributed by atoms with Crippen LogP contribution in [0.5, 0.6) is 5.75 Å². The summed E-state index contributed by atoms with van der Waals surface area (Å²) in [7, 11) is 1.60. The van der Waals surface area contributed by atoms with Crippen LogP contribution in [0.15, 0.2) is 28.8 Å². The Hall–Kier alpha value is -2.90. The lowest BCUT2D eigenvalue weighted by Gasteiger charge is -2.20. The van der Waals surface area contributed by atoms with E-state index in [0.29, 0.717) is 43.9 Å². The number of methoxy groups -OCH3 is 1. The van der Waals surface area contributed by atoms with E-state index >= 15 is 0 Å². The molecule has 1 amide bonds. The van der Waals surface area contributed by atoms with Gasteiger partial charge >= 0.3 is 5.97 Å². The quantitative estimate of drug-likeness (QED) is 0.794. The maximum Gasteiger partial charge on any atom is 0.311 e. The minimum Gasteiger partial charge on any atom is -0.497 e. The first-order chi connectivity index (χ1) is 12.9. The number of hydrogen-bond acceptors (Lipinski definition) is 6. The lowest BCUT2D eigenvalue weighted by Crippen LogP contribution is -2.34. The molecule has 0 unspecified atom stereocenters. The molecule has 1 N–H and O–H groups in total. The number of hydrogen-bond donors (Lipinski definition) is 1. The van der Waals surface area contributed by atoms with Crippen LogP contribution in [0, 0.1) is 5.41 Å². The largest absolute Gasteiger partial charge is 0.497 e. The van der Waals surface area contributed by atoms with Gasteiger partial charge in [0.15, 0.2) is 0 Å². The molecule has 1 aliphatic heterocycles. The number of aryl methyl sites for hydroxylation is 1. The van der Waals surface area contributed by atoms with Gasteiger partial charge in [-0.1, -0.05) is 5.16 Å². The molecule has 0 bridgehead atoms. The first-order valence-electron chi connectivity index (χ1n) is 8.89. The van der Waals surface area contributed by atoms with Gasteiger partial charge in [-0.2, -0.15) is 4.98 Å². The minimum absolute atomic E-state index is 0.0325. The first kappa shape index (κ1) is 18.9. The van der Waals surface area contributed by atoms with Crippen molar-refractivity contribution in [2.45, 2.75) is 32.6 Å². The van der Waals surface area contributed by atoms with E-state index in [9.17, 15) is 14.7 Å². The molecule has 0 aliphatic carbocycles. The highest BCUT2D eigenvalue weighted by Crippen LogP contribution is 2.30. The Bertz CT molecular complexity index is 817. The predicted molar refractivity (Wildman–Crippen MR) is 96.2 cm³/mol. The molecule has 8 heteroatoms. The Kier molecular flexibility index (Phi) is 5.43. The van der Waals surface area contributed by atoms with E-state index in [1.165, 1.54) is 0 Å². The standard InChI is InChI=1S/C19H23N3O5/c1-19(18(24)25)10-11-22(12-19)16(23)5-3-4-15-20-17(21-27-15)13-6-8-14(26-2)9-7-13/h6-9H,3-5,10-12H2,1-2H3,(H,24,25)/t19-/m0/s1. The number of likely N-dealkylation sites (tertiary alicyclic amines) is 1. The van der Waals surface area contributed by atoms with Crippen molar-refractivity contribution < 1.29 is 24.0 Å². The third-order valence-electron chi connectivity index (χ3n) is 4.94. The monoisotopic (exact) mass is 373 g/mol. The van der Waals surface area contributed by atoms with Crippen molar-refractivity contribution in [1.82, 2.24) is 15.0 Å². The second-order valence-electron chi connectivity index (χ2n) is 7.02. The highest BCUT2D eigenvalue weighted by atomic mass is 16.5. The molecule has 0 spiro atoms. The average Bonchev–Trinajstić information content (AvgIpc) is 3.30. The Morgan fingerprint density at radius 2 is 2.07 bits per heavy atom. The maximum atomic E-state index is 12.3. The molecule has 1 aliphatic rings. The molecule has 3 rings (SSSR count). The number of carbonyl (C=O) groups excluding carboxylic acids is 1. The van der Waals surface area contributed by atoms with Gasteiger partial charge in [-0.05, 0) is 44.0 Å². The van der Waals surface area contributed by atoms with Crippen LogP contribution in [0.2, 0.25) is 0 Å². The second kappa shape index (κ2) is 7.77. The summed E-state index contributed by atoms with van der Waals surface area (Å²) >= 11 is 0. The Balaban J connectivity index is 1.49. The molecule has 27 heavy (non-hydrogen) atoms. The van der Waals surface area contributed by atoms with Gasteiger partial charge in [0, 0.05) is 31.5 Å². The number of carbonyl (C=O) groups is 2. The van der Waals surface area contributed by atoms with Gasteiger partial charge in [-0.25, -0.2) is 0 Å². The first-order valence-corrected chi connectivity index (χ1v) is 8.89. The summed E-state index contributed by atoms with van der Waals surface area (Å²) < 4.78 is 10.4. The molecule has 1 atom stereocenters. The Morgan fingerprint density at radius 3 is 2.70 bits per heavy atom. The normalized spacial score (nSPS) is 19.3. The summed E-state index contributed by atoms with van der Waals surface area (Å²) in [4.78, 5) is 29.5. The van der Waals surface area contributed by atoms with Crippen LogP contribution in [0.25, 0.3) is 11.4 Å². The van der Waals surface area contributed by atoms with Gasteiger partial charge in [0.1, 0.15) is 5.75 Å². The molecule has 2 aromatic rings. The van der Waals surface area contributed by atoms with Gasteiger partial charge in [0.2, 0.25) is 17.6 Å². The van der Waals surface area contributed by atoms with Crippen molar-refractivity contribution in [2.24, 2.45) is 5.41 Å². The zero-order chi connectivity index (χ0) is 19.4. The highest BCUT2D eigenvalue weighted by molar-refractivity contribution is 5.80. The second-order valence-corrected chi connectivity index (χ2v) is 7.02. The molecule has 1 aromatic heterocycles. The third-order valence-corrected chi connectivity index (χ3v) is 4.94. The van der Waals surface area contributed by atoms with Crippen molar-refractivity contribution in [3.63, 3.8) is 0 Å². The van der Waals surface area contributed by atoms with Gasteiger partial charge < -0.3 is 19.3 Å². The van der Waals surface area contributed by atoms with Gasteiger partial charge in [0.25, 0.3) is 0 Å². The molecule has 1 fully saturated rings. The number of aliphatic carboxylic acids is 1. The van der Waals surface area contributed by atoms with Crippen LogP contribution < -0.4 is 4.74 Å². The van der Waals surface area contributed by atoms with Crippen molar-refractivity contribution in [1.29, 1.82) is 0 Å². The molecule has 0 saturated carbocycles. The summed E-state index contributed by atoms with van der Waals surface area (Å²) in [6.45, 7) is 2.44. The number of ether oxygens (including phenoxy) is 1. The van der Waals surface area contributed by atoms with Crippen LogP contribution in [0.1, 0.15) is 32.1 Å². The maximum absolute atomic E-state index is 12.3. The molecular formula is C19H23N3O5. The van der Waals surface area contributed by atoms with Crippen molar-refractivity contribution in [3.05, 3.63) is 30.2 Å². The number of rotatable bonds is 7. The van der Waals surface area contributed by atoms with Crippen LogP contribution in [-0.4, -0.2) is 52.2 Å². The molecule has 1 aromatic carbocycles. The van der Waals surface area contributed by atoms with Crippen molar-refractivity contribution >= 4 is 11.9 Å².